The van der Waals surface area contributed by atoms with E-state index in [9.17, 15) is 8.78 Å². The van der Waals surface area contributed by atoms with E-state index in [0.717, 1.165) is 0 Å². The number of hydrogen-bond donors (Lipinski definition) is 2. The van der Waals surface area contributed by atoms with E-state index in [0.29, 0.717) is 17.0 Å². The molecule has 2 rings (SSSR count). The zero-order chi connectivity index (χ0) is 12.3. The molecule has 0 atom stereocenters. The van der Waals surface area contributed by atoms with Gasteiger partial charge in [-0.15, -0.1) is 0 Å². The molecule has 0 aromatic carbocycles. The monoisotopic (exact) mass is 239 g/mol. The molecule has 0 spiro atoms. The van der Waals surface area contributed by atoms with Crippen LogP contribution in [0.25, 0.3) is 11.2 Å². The maximum atomic E-state index is 12.9. The first kappa shape index (κ1) is 11.6. The van der Waals surface area contributed by atoms with Gasteiger partial charge < -0.3 is 11.1 Å². The number of hydrogen-bond acceptors (Lipinski definition) is 5. The maximum Gasteiger partial charge on any atom is 0.276 e. The minimum Gasteiger partial charge on any atom is -0.364 e. The molecule has 17 heavy (non-hydrogen) atoms. The Morgan fingerprint density at radius 1 is 1.24 bits per heavy atom. The van der Waals surface area contributed by atoms with Crippen LogP contribution in [0, 0.1) is 0 Å². The van der Waals surface area contributed by atoms with Gasteiger partial charge in [0, 0.05) is 12.4 Å². The Hall–Kier alpha value is -1.89. The highest BCUT2D eigenvalue weighted by Crippen LogP contribution is 2.14. The predicted molar refractivity (Wildman–Crippen MR) is 59.8 cm³/mol. The molecule has 0 aliphatic rings. The molecule has 90 valence electrons. The number of halogens is 2. The molecule has 0 radical (unpaired) electrons. The summed E-state index contributed by atoms with van der Waals surface area (Å²) < 4.78 is 25.8. The molecule has 0 aliphatic carbocycles. The first-order chi connectivity index (χ1) is 8.11. The SMILES string of the molecule is NCC(F)(F)CNc1ccc2nccnc2n1. The summed E-state index contributed by atoms with van der Waals surface area (Å²) in [6.45, 7) is -1.25. The molecule has 0 aliphatic heterocycles. The van der Waals surface area contributed by atoms with E-state index in [1.54, 1.807) is 18.3 Å². The minimum atomic E-state index is -2.95. The number of anilines is 1. The number of pyridine rings is 1. The fourth-order valence-corrected chi connectivity index (χ4v) is 1.24. The number of fused-ring (bicyclic) bond motifs is 1. The number of aromatic nitrogens is 3. The van der Waals surface area contributed by atoms with Crippen molar-refractivity contribution in [3.05, 3.63) is 24.5 Å². The Balaban J connectivity index is 2.14. The molecule has 0 saturated heterocycles. The van der Waals surface area contributed by atoms with Gasteiger partial charge in [-0.3, -0.25) is 4.98 Å². The van der Waals surface area contributed by atoms with Gasteiger partial charge in [0.2, 0.25) is 0 Å². The lowest BCUT2D eigenvalue weighted by Crippen LogP contribution is -2.35. The molecule has 5 nitrogen and oxygen atoms in total. The van der Waals surface area contributed by atoms with E-state index in [-0.39, 0.29) is 0 Å². The van der Waals surface area contributed by atoms with Gasteiger partial charge in [-0.25, -0.2) is 18.7 Å². The molecule has 2 aromatic heterocycles. The quantitative estimate of drug-likeness (QED) is 0.833. The van der Waals surface area contributed by atoms with E-state index in [1.165, 1.54) is 6.20 Å². The normalized spacial score (nSPS) is 11.7. The molecule has 7 heteroatoms. The first-order valence-electron chi connectivity index (χ1n) is 5.00. The third kappa shape index (κ3) is 2.82. The van der Waals surface area contributed by atoms with Gasteiger partial charge in [0.1, 0.15) is 11.3 Å². The van der Waals surface area contributed by atoms with Crippen LogP contribution in [0.2, 0.25) is 0 Å². The fraction of sp³-hybridized carbons (Fsp3) is 0.300. The van der Waals surface area contributed by atoms with Crippen LogP contribution >= 0.6 is 0 Å². The smallest absolute Gasteiger partial charge is 0.276 e. The largest absolute Gasteiger partial charge is 0.364 e. The van der Waals surface area contributed by atoms with Crippen LogP contribution in [-0.2, 0) is 0 Å². The summed E-state index contributed by atoms with van der Waals surface area (Å²) in [6.07, 6.45) is 3.04. The van der Waals surface area contributed by atoms with Crippen molar-refractivity contribution in [1.82, 2.24) is 15.0 Å². The lowest BCUT2D eigenvalue weighted by Gasteiger charge is -2.14. The van der Waals surface area contributed by atoms with Crippen LogP contribution in [0.3, 0.4) is 0 Å². The van der Waals surface area contributed by atoms with Crippen LogP contribution in [0.15, 0.2) is 24.5 Å². The van der Waals surface area contributed by atoms with E-state index in [2.05, 4.69) is 20.3 Å². The van der Waals surface area contributed by atoms with Crippen molar-refractivity contribution in [3.63, 3.8) is 0 Å². The summed E-state index contributed by atoms with van der Waals surface area (Å²) in [5.74, 6) is -2.62. The second-order valence-electron chi connectivity index (χ2n) is 3.51. The highest BCUT2D eigenvalue weighted by Gasteiger charge is 2.26. The van der Waals surface area contributed by atoms with Crippen molar-refractivity contribution in [2.75, 3.05) is 18.4 Å². The summed E-state index contributed by atoms with van der Waals surface area (Å²) in [6, 6.07) is 3.24. The standard InChI is InChI=1S/C10H11F2N5/c11-10(12,5-13)6-16-8-2-1-7-9(17-8)15-4-3-14-7/h1-4H,5-6,13H2,(H,15,16,17). The van der Waals surface area contributed by atoms with Crippen molar-refractivity contribution >= 4 is 17.0 Å². The van der Waals surface area contributed by atoms with E-state index >= 15 is 0 Å². The van der Waals surface area contributed by atoms with Crippen LogP contribution < -0.4 is 11.1 Å². The van der Waals surface area contributed by atoms with Crippen LogP contribution in [0.1, 0.15) is 0 Å². The van der Waals surface area contributed by atoms with Crippen LogP contribution in [0.5, 0.6) is 0 Å². The lowest BCUT2D eigenvalue weighted by atomic mass is 10.3. The summed E-state index contributed by atoms with van der Waals surface area (Å²) >= 11 is 0. The highest BCUT2D eigenvalue weighted by atomic mass is 19.3. The van der Waals surface area contributed by atoms with Crippen molar-refractivity contribution in [1.29, 1.82) is 0 Å². The second kappa shape index (κ2) is 4.54. The van der Waals surface area contributed by atoms with Gasteiger partial charge in [-0.1, -0.05) is 0 Å². The number of nitrogens with zero attached hydrogens (tertiary/aromatic N) is 3. The van der Waals surface area contributed by atoms with E-state index < -0.39 is 19.0 Å². The van der Waals surface area contributed by atoms with Crippen molar-refractivity contribution in [2.24, 2.45) is 5.73 Å². The molecule has 0 unspecified atom stereocenters. The Morgan fingerprint density at radius 3 is 2.76 bits per heavy atom. The van der Waals surface area contributed by atoms with Gasteiger partial charge in [-0.05, 0) is 12.1 Å². The summed E-state index contributed by atoms with van der Waals surface area (Å²) in [7, 11) is 0. The topological polar surface area (TPSA) is 76.7 Å². The van der Waals surface area contributed by atoms with E-state index in [1.807, 2.05) is 0 Å². The van der Waals surface area contributed by atoms with Gasteiger partial charge in [0.25, 0.3) is 5.92 Å². The maximum absolute atomic E-state index is 12.9. The van der Waals surface area contributed by atoms with E-state index in [4.69, 9.17) is 5.73 Å². The Bertz CT molecular complexity index is 517. The third-order valence-electron chi connectivity index (χ3n) is 2.16. The zero-order valence-corrected chi connectivity index (χ0v) is 8.90. The Kier molecular flexibility index (Phi) is 3.10. The summed E-state index contributed by atoms with van der Waals surface area (Å²) in [5.41, 5.74) is 5.95. The van der Waals surface area contributed by atoms with Crippen molar-refractivity contribution in [3.8, 4) is 0 Å². The first-order valence-corrected chi connectivity index (χ1v) is 5.00. The summed E-state index contributed by atoms with van der Waals surface area (Å²) in [4.78, 5) is 12.1. The average molecular weight is 239 g/mol. The molecule has 0 bridgehead atoms. The zero-order valence-electron chi connectivity index (χ0n) is 8.90. The highest BCUT2D eigenvalue weighted by molar-refractivity contribution is 5.71. The number of alkyl halides is 2. The molecular formula is C10H11F2N5. The van der Waals surface area contributed by atoms with Gasteiger partial charge in [-0.2, -0.15) is 0 Å². The molecule has 3 N–H and O–H groups in total. The van der Waals surface area contributed by atoms with Crippen LogP contribution in [-0.4, -0.2) is 34.0 Å². The molecule has 2 heterocycles. The molecular weight excluding hydrogens is 228 g/mol. The van der Waals surface area contributed by atoms with Gasteiger partial charge >= 0.3 is 0 Å². The lowest BCUT2D eigenvalue weighted by molar-refractivity contribution is 0.0253. The predicted octanol–water partition coefficient (Wildman–Crippen LogP) is 1.03. The van der Waals surface area contributed by atoms with Gasteiger partial charge in [0.15, 0.2) is 5.65 Å². The Labute approximate surface area is 96.1 Å². The third-order valence-corrected chi connectivity index (χ3v) is 2.16. The second-order valence-corrected chi connectivity index (χ2v) is 3.51. The van der Waals surface area contributed by atoms with Gasteiger partial charge in [0.05, 0.1) is 13.1 Å². The Morgan fingerprint density at radius 2 is 2.00 bits per heavy atom. The van der Waals surface area contributed by atoms with Crippen LogP contribution in [0.4, 0.5) is 14.6 Å². The minimum absolute atomic E-state index is 0.325. The molecule has 2 aromatic rings. The molecule has 0 amide bonds. The van der Waals surface area contributed by atoms with Crippen molar-refractivity contribution in [2.45, 2.75) is 5.92 Å². The average Bonchev–Trinajstić information content (AvgIpc) is 2.36. The van der Waals surface area contributed by atoms with Crippen molar-refractivity contribution < 1.29 is 8.78 Å². The number of nitrogens with two attached hydrogens (primary N) is 1. The molecule has 0 fully saturated rings. The molecule has 0 saturated carbocycles. The number of nitrogens with one attached hydrogen (secondary N) is 1. The number of rotatable bonds is 4. The fourth-order valence-electron chi connectivity index (χ4n) is 1.24. The summed E-state index contributed by atoms with van der Waals surface area (Å²) in [5, 5.41) is 2.52.